The van der Waals surface area contributed by atoms with Crippen molar-refractivity contribution in [1.29, 1.82) is 0 Å². The van der Waals surface area contributed by atoms with Crippen LogP contribution in [0.1, 0.15) is 43.7 Å². The number of fused-ring (bicyclic) bond motifs is 2. The van der Waals surface area contributed by atoms with Gasteiger partial charge in [0.25, 0.3) is 0 Å². The highest BCUT2D eigenvalue weighted by Gasteiger charge is 2.50. The molecule has 4 rings (SSSR count). The molecule has 1 saturated heterocycles. The second-order valence-corrected chi connectivity index (χ2v) is 6.93. The van der Waals surface area contributed by atoms with Crippen LogP contribution in [0.25, 0.3) is 0 Å². The van der Waals surface area contributed by atoms with Gasteiger partial charge in [-0.05, 0) is 37.0 Å². The Bertz CT molecular complexity index is 648. The molecule has 0 radical (unpaired) electrons. The van der Waals surface area contributed by atoms with Crippen molar-refractivity contribution in [3.63, 3.8) is 0 Å². The van der Waals surface area contributed by atoms with Crippen molar-refractivity contribution in [2.45, 2.75) is 43.7 Å². The summed E-state index contributed by atoms with van der Waals surface area (Å²) in [5.41, 5.74) is 0.263. The topological polar surface area (TPSA) is 68.2 Å². The van der Waals surface area contributed by atoms with Gasteiger partial charge in [0.1, 0.15) is 0 Å². The average molecular weight is 333 g/mol. The summed E-state index contributed by atoms with van der Waals surface area (Å²) in [6.07, 6.45) is 4.08. The highest BCUT2D eigenvalue weighted by molar-refractivity contribution is 5.68. The lowest BCUT2D eigenvalue weighted by Gasteiger charge is -2.52. The molecule has 0 bridgehead atoms. The van der Waals surface area contributed by atoms with E-state index in [4.69, 9.17) is 14.2 Å². The van der Waals surface area contributed by atoms with E-state index >= 15 is 0 Å². The molecular weight excluding hydrogens is 310 g/mol. The fourth-order valence-electron chi connectivity index (χ4n) is 4.51. The van der Waals surface area contributed by atoms with Crippen molar-refractivity contribution in [2.24, 2.45) is 5.92 Å². The molecule has 3 aliphatic rings. The maximum Gasteiger partial charge on any atom is 0.410 e. The number of piperidine rings is 1. The Hall–Kier alpha value is -1.95. The number of methoxy groups -OCH3 is 1. The Kier molecular flexibility index (Phi) is 3.79. The lowest BCUT2D eigenvalue weighted by Crippen LogP contribution is -2.56. The Labute approximate surface area is 141 Å². The van der Waals surface area contributed by atoms with E-state index < -0.39 is 5.60 Å². The Morgan fingerprint density at radius 3 is 2.96 bits per heavy atom. The number of carbonyl (C=O) groups is 1. The number of aliphatic hydroxyl groups is 1. The van der Waals surface area contributed by atoms with E-state index in [2.05, 4.69) is 0 Å². The first-order valence-corrected chi connectivity index (χ1v) is 8.59. The van der Waals surface area contributed by atoms with E-state index in [1.807, 2.05) is 18.2 Å². The molecule has 2 fully saturated rings. The molecule has 1 N–H and O–H groups in total. The van der Waals surface area contributed by atoms with Crippen molar-refractivity contribution in [3.8, 4) is 11.5 Å². The summed E-state index contributed by atoms with van der Waals surface area (Å²) in [5.74, 6) is 1.43. The molecule has 130 valence electrons. The largest absolute Gasteiger partial charge is 0.454 e. The molecule has 6 nitrogen and oxygen atoms in total. The maximum atomic E-state index is 12.3. The molecule has 0 aromatic heterocycles. The molecule has 24 heavy (non-hydrogen) atoms. The van der Waals surface area contributed by atoms with E-state index in [9.17, 15) is 9.90 Å². The lowest BCUT2D eigenvalue weighted by atomic mass is 9.66. The second-order valence-electron chi connectivity index (χ2n) is 6.93. The van der Waals surface area contributed by atoms with Crippen LogP contribution in [-0.2, 0) is 4.74 Å². The van der Waals surface area contributed by atoms with Crippen LogP contribution in [-0.4, -0.2) is 42.1 Å². The first-order chi connectivity index (χ1) is 11.6. The van der Waals surface area contributed by atoms with Crippen LogP contribution in [0.4, 0.5) is 4.79 Å². The lowest BCUT2D eigenvalue weighted by molar-refractivity contribution is -0.117. The summed E-state index contributed by atoms with van der Waals surface area (Å²) < 4.78 is 15.9. The molecule has 1 aromatic carbocycles. The van der Waals surface area contributed by atoms with Crippen molar-refractivity contribution >= 4 is 6.09 Å². The number of rotatable bonds is 1. The molecule has 1 aromatic rings. The number of carbonyl (C=O) groups excluding carboxylic acids is 1. The summed E-state index contributed by atoms with van der Waals surface area (Å²) in [6, 6.07) is 5.58. The number of hydrogen-bond acceptors (Lipinski definition) is 5. The van der Waals surface area contributed by atoms with Crippen LogP contribution in [0.5, 0.6) is 11.5 Å². The summed E-state index contributed by atoms with van der Waals surface area (Å²) >= 11 is 0. The quantitative estimate of drug-likeness (QED) is 0.856. The normalized spacial score (nSPS) is 31.5. The van der Waals surface area contributed by atoms with Crippen LogP contribution >= 0.6 is 0 Å². The zero-order valence-corrected chi connectivity index (χ0v) is 13.9. The SMILES string of the molecule is COC(=O)N1CC[C@@]2(O)CCCC[C@@H]2[C@@H]1c1ccc2c(c1)OCO2. The minimum atomic E-state index is -0.705. The van der Waals surface area contributed by atoms with Crippen molar-refractivity contribution in [3.05, 3.63) is 23.8 Å². The monoisotopic (exact) mass is 333 g/mol. The standard InChI is InChI=1S/C18H23NO5/c1-22-17(20)19-9-8-18(21)7-3-2-4-13(18)16(19)12-5-6-14-15(10-12)24-11-23-14/h5-6,10,13,16,21H,2-4,7-9,11H2,1H3/t13-,16+,18+/m1/s1. The summed E-state index contributed by atoms with van der Waals surface area (Å²) in [6.45, 7) is 0.719. The zero-order valence-electron chi connectivity index (χ0n) is 13.9. The number of ether oxygens (including phenoxy) is 3. The Morgan fingerprint density at radius 2 is 2.12 bits per heavy atom. The van der Waals surface area contributed by atoms with Gasteiger partial charge in [0.15, 0.2) is 11.5 Å². The number of hydrogen-bond donors (Lipinski definition) is 1. The predicted octanol–water partition coefficient (Wildman–Crippen LogP) is 2.85. The van der Waals surface area contributed by atoms with Gasteiger partial charge in [-0.25, -0.2) is 4.79 Å². The van der Waals surface area contributed by atoms with Crippen LogP contribution in [0.15, 0.2) is 18.2 Å². The average Bonchev–Trinajstić information content (AvgIpc) is 3.07. The van der Waals surface area contributed by atoms with E-state index in [1.54, 1.807) is 4.90 Å². The fourth-order valence-corrected chi connectivity index (χ4v) is 4.51. The number of nitrogens with zero attached hydrogens (tertiary/aromatic N) is 1. The van der Waals surface area contributed by atoms with Crippen LogP contribution in [0, 0.1) is 5.92 Å². The first-order valence-electron chi connectivity index (χ1n) is 8.59. The summed E-state index contributed by atoms with van der Waals surface area (Å²) in [7, 11) is 1.40. The van der Waals surface area contributed by atoms with E-state index in [-0.39, 0.29) is 24.8 Å². The molecule has 6 heteroatoms. The van der Waals surface area contributed by atoms with Gasteiger partial charge < -0.3 is 24.2 Å². The predicted molar refractivity (Wildman–Crippen MR) is 85.9 cm³/mol. The van der Waals surface area contributed by atoms with Gasteiger partial charge in [0.05, 0.1) is 18.8 Å². The highest BCUT2D eigenvalue weighted by Crippen LogP contribution is 2.50. The minimum absolute atomic E-state index is 0.0134. The molecule has 0 unspecified atom stereocenters. The summed E-state index contributed by atoms with van der Waals surface area (Å²) in [4.78, 5) is 14.1. The van der Waals surface area contributed by atoms with E-state index in [1.165, 1.54) is 7.11 Å². The Balaban J connectivity index is 1.74. The van der Waals surface area contributed by atoms with Gasteiger partial charge in [-0.2, -0.15) is 0 Å². The van der Waals surface area contributed by atoms with Gasteiger partial charge in [0.2, 0.25) is 6.79 Å². The summed E-state index contributed by atoms with van der Waals surface area (Å²) in [5, 5.41) is 11.2. The number of likely N-dealkylation sites (tertiary alicyclic amines) is 1. The molecule has 1 saturated carbocycles. The van der Waals surface area contributed by atoms with Crippen molar-refractivity contribution in [1.82, 2.24) is 4.90 Å². The highest BCUT2D eigenvalue weighted by atomic mass is 16.7. The van der Waals surface area contributed by atoms with Gasteiger partial charge in [-0.15, -0.1) is 0 Å². The van der Waals surface area contributed by atoms with Gasteiger partial charge in [-0.1, -0.05) is 18.9 Å². The van der Waals surface area contributed by atoms with Crippen molar-refractivity contribution in [2.75, 3.05) is 20.4 Å². The molecule has 1 aliphatic carbocycles. The van der Waals surface area contributed by atoms with E-state index in [0.29, 0.717) is 18.7 Å². The van der Waals surface area contributed by atoms with E-state index in [0.717, 1.165) is 37.0 Å². The number of benzene rings is 1. The minimum Gasteiger partial charge on any atom is -0.454 e. The Morgan fingerprint density at radius 1 is 1.29 bits per heavy atom. The second kappa shape index (κ2) is 5.84. The molecule has 0 spiro atoms. The van der Waals surface area contributed by atoms with Crippen molar-refractivity contribution < 1.29 is 24.1 Å². The van der Waals surface area contributed by atoms with Crippen LogP contribution in [0.2, 0.25) is 0 Å². The third kappa shape index (κ3) is 2.40. The fraction of sp³-hybridized carbons (Fsp3) is 0.611. The maximum absolute atomic E-state index is 12.3. The van der Waals surface area contributed by atoms with Gasteiger partial charge in [-0.3, -0.25) is 0 Å². The molecule has 2 heterocycles. The van der Waals surface area contributed by atoms with Gasteiger partial charge >= 0.3 is 6.09 Å². The first kappa shape index (κ1) is 15.6. The van der Waals surface area contributed by atoms with Crippen LogP contribution < -0.4 is 9.47 Å². The third-order valence-corrected chi connectivity index (χ3v) is 5.71. The van der Waals surface area contributed by atoms with Crippen LogP contribution in [0.3, 0.4) is 0 Å². The number of amides is 1. The molecular formula is C18H23NO5. The zero-order chi connectivity index (χ0) is 16.7. The smallest absolute Gasteiger partial charge is 0.410 e. The van der Waals surface area contributed by atoms with Gasteiger partial charge in [0, 0.05) is 12.5 Å². The molecule has 2 aliphatic heterocycles. The molecule has 3 atom stereocenters. The third-order valence-electron chi connectivity index (χ3n) is 5.71. The molecule has 1 amide bonds.